The Balaban J connectivity index is 3.53. The lowest BCUT2D eigenvalue weighted by Crippen LogP contribution is -1.98. The summed E-state index contributed by atoms with van der Waals surface area (Å²) in [4.78, 5) is 10.9. The molecule has 1 aromatic carbocycles. The van der Waals surface area contributed by atoms with Crippen molar-refractivity contribution in [1.29, 1.82) is 5.26 Å². The predicted molar refractivity (Wildman–Crippen MR) is 42.8 cm³/mol. The maximum absolute atomic E-state index is 12.7. The fraction of sp³-hybridized carbons (Fsp3) is 0.111. The monoisotopic (exact) mass is 179 g/mol. The third-order valence-corrected chi connectivity index (χ3v) is 1.60. The molecule has 66 valence electrons. The van der Waals surface area contributed by atoms with E-state index < -0.39 is 17.3 Å². The highest BCUT2D eigenvalue weighted by atomic mass is 19.1. The molecule has 0 atom stereocenters. The van der Waals surface area contributed by atoms with Gasteiger partial charge in [-0.15, -0.1) is 0 Å². The van der Waals surface area contributed by atoms with Crippen LogP contribution in [-0.4, -0.2) is 10.9 Å². The summed E-state index contributed by atoms with van der Waals surface area (Å²) >= 11 is 0. The molecule has 4 heteroatoms. The van der Waals surface area contributed by atoms with Gasteiger partial charge in [-0.2, -0.15) is 5.26 Å². The van der Waals surface area contributed by atoms with Crippen LogP contribution in [0, 0.1) is 17.1 Å². The second kappa shape index (κ2) is 3.23. The molecule has 1 N–H and O–H groups in total. The van der Waals surface area contributed by atoms with E-state index in [0.717, 1.165) is 19.1 Å². The molecule has 0 aromatic heterocycles. The van der Waals surface area contributed by atoms with Crippen LogP contribution in [0.15, 0.2) is 12.1 Å². The minimum Gasteiger partial charge on any atom is -0.504 e. The number of nitrogens with zero attached hydrogens (tertiary/aromatic N) is 1. The van der Waals surface area contributed by atoms with Crippen molar-refractivity contribution < 1.29 is 14.3 Å². The van der Waals surface area contributed by atoms with E-state index >= 15 is 0 Å². The summed E-state index contributed by atoms with van der Waals surface area (Å²) < 4.78 is 12.7. The molecule has 0 fully saturated rings. The highest BCUT2D eigenvalue weighted by Crippen LogP contribution is 2.24. The third kappa shape index (κ3) is 1.49. The maximum atomic E-state index is 12.7. The average molecular weight is 179 g/mol. The Bertz CT molecular complexity index is 407. The standard InChI is InChI=1S/C9H6FNO2/c1-5(12)8-6(4-11)2-3-7(10)9(8)13/h2-3,13H,1H3. The van der Waals surface area contributed by atoms with Gasteiger partial charge in [-0.1, -0.05) is 0 Å². The number of rotatable bonds is 1. The molecule has 0 saturated carbocycles. The second-order valence-corrected chi connectivity index (χ2v) is 2.49. The summed E-state index contributed by atoms with van der Waals surface area (Å²) in [6.45, 7) is 1.16. The van der Waals surface area contributed by atoms with Crippen LogP contribution in [0.3, 0.4) is 0 Å². The number of halogens is 1. The number of aromatic hydroxyl groups is 1. The van der Waals surface area contributed by atoms with Crippen LogP contribution >= 0.6 is 0 Å². The SMILES string of the molecule is CC(=O)c1c(C#N)ccc(F)c1O. The van der Waals surface area contributed by atoms with Gasteiger partial charge in [0.2, 0.25) is 0 Å². The van der Waals surface area contributed by atoms with Crippen molar-refractivity contribution in [2.75, 3.05) is 0 Å². The van der Waals surface area contributed by atoms with Crippen LogP contribution < -0.4 is 0 Å². The summed E-state index contributed by atoms with van der Waals surface area (Å²) in [6, 6.07) is 3.80. The van der Waals surface area contributed by atoms with Gasteiger partial charge in [-0.05, 0) is 19.1 Å². The third-order valence-electron chi connectivity index (χ3n) is 1.60. The normalized spacial score (nSPS) is 9.31. The van der Waals surface area contributed by atoms with Gasteiger partial charge in [0.15, 0.2) is 17.3 Å². The zero-order valence-corrected chi connectivity index (χ0v) is 6.84. The number of carbonyl (C=O) groups excluding carboxylic acids is 1. The molecule has 1 rings (SSSR count). The topological polar surface area (TPSA) is 61.1 Å². The molecule has 0 saturated heterocycles. The summed E-state index contributed by atoms with van der Waals surface area (Å²) in [7, 11) is 0. The molecule has 0 spiro atoms. The number of hydrogen-bond donors (Lipinski definition) is 1. The second-order valence-electron chi connectivity index (χ2n) is 2.49. The van der Waals surface area contributed by atoms with Gasteiger partial charge in [0.05, 0.1) is 11.1 Å². The van der Waals surface area contributed by atoms with Gasteiger partial charge < -0.3 is 5.11 Å². The molecule has 0 unspecified atom stereocenters. The summed E-state index contributed by atoms with van der Waals surface area (Å²) in [5.41, 5.74) is -0.283. The van der Waals surface area contributed by atoms with Crippen LogP contribution in [0.2, 0.25) is 0 Å². The van der Waals surface area contributed by atoms with E-state index in [1.807, 2.05) is 0 Å². The van der Waals surface area contributed by atoms with Crippen molar-refractivity contribution in [3.05, 3.63) is 29.1 Å². The van der Waals surface area contributed by atoms with Crippen molar-refractivity contribution in [2.24, 2.45) is 0 Å². The lowest BCUT2D eigenvalue weighted by Gasteiger charge is -2.02. The van der Waals surface area contributed by atoms with Crippen LogP contribution in [0.1, 0.15) is 22.8 Å². The molecular weight excluding hydrogens is 173 g/mol. The number of phenols is 1. The first-order valence-electron chi connectivity index (χ1n) is 3.50. The lowest BCUT2D eigenvalue weighted by atomic mass is 10.0. The summed E-state index contributed by atoms with van der Waals surface area (Å²) in [5.74, 6) is -2.19. The molecule has 0 aliphatic carbocycles. The molecule has 0 aliphatic rings. The van der Waals surface area contributed by atoms with Crippen molar-refractivity contribution in [3.63, 3.8) is 0 Å². The highest BCUT2D eigenvalue weighted by Gasteiger charge is 2.15. The Morgan fingerprint density at radius 2 is 2.23 bits per heavy atom. The molecule has 0 heterocycles. The molecule has 0 radical (unpaired) electrons. The van der Waals surface area contributed by atoms with Gasteiger partial charge in [-0.3, -0.25) is 4.79 Å². The van der Waals surface area contributed by atoms with Gasteiger partial charge in [0.25, 0.3) is 0 Å². The Hall–Kier alpha value is -1.89. The Morgan fingerprint density at radius 3 is 2.69 bits per heavy atom. The zero-order valence-electron chi connectivity index (χ0n) is 6.84. The molecule has 1 aromatic rings. The van der Waals surface area contributed by atoms with E-state index in [2.05, 4.69) is 0 Å². The molecule has 13 heavy (non-hydrogen) atoms. The van der Waals surface area contributed by atoms with Crippen molar-refractivity contribution >= 4 is 5.78 Å². The molecule has 0 aliphatic heterocycles. The lowest BCUT2D eigenvalue weighted by molar-refractivity contribution is 0.101. The average Bonchev–Trinajstić information content (AvgIpc) is 2.08. The van der Waals surface area contributed by atoms with Gasteiger partial charge >= 0.3 is 0 Å². The van der Waals surface area contributed by atoms with E-state index in [4.69, 9.17) is 10.4 Å². The van der Waals surface area contributed by atoms with E-state index in [0.29, 0.717) is 0 Å². The number of hydrogen-bond acceptors (Lipinski definition) is 3. The Labute approximate surface area is 74.0 Å². The number of nitriles is 1. The first kappa shape index (κ1) is 9.20. The van der Waals surface area contributed by atoms with Crippen LogP contribution in [0.4, 0.5) is 4.39 Å². The minimum absolute atomic E-state index is 0.0219. The highest BCUT2D eigenvalue weighted by molar-refractivity contribution is 5.99. The number of benzene rings is 1. The van der Waals surface area contributed by atoms with Gasteiger partial charge in [0, 0.05) is 0 Å². The zero-order chi connectivity index (χ0) is 10.0. The van der Waals surface area contributed by atoms with E-state index in [9.17, 15) is 9.18 Å². The Morgan fingerprint density at radius 1 is 1.62 bits per heavy atom. The van der Waals surface area contributed by atoms with Crippen molar-refractivity contribution in [2.45, 2.75) is 6.92 Å². The predicted octanol–water partition coefficient (Wildman–Crippen LogP) is 1.61. The fourth-order valence-electron chi connectivity index (χ4n) is 1.02. The maximum Gasteiger partial charge on any atom is 0.165 e. The fourth-order valence-corrected chi connectivity index (χ4v) is 1.02. The van der Waals surface area contributed by atoms with Crippen LogP contribution in [0.5, 0.6) is 5.75 Å². The van der Waals surface area contributed by atoms with Crippen LogP contribution in [0.25, 0.3) is 0 Å². The molecule has 0 bridgehead atoms. The smallest absolute Gasteiger partial charge is 0.165 e. The Kier molecular flexibility index (Phi) is 2.29. The van der Waals surface area contributed by atoms with Crippen molar-refractivity contribution in [3.8, 4) is 11.8 Å². The first-order chi connectivity index (χ1) is 6.07. The molecular formula is C9H6FNO2. The van der Waals surface area contributed by atoms with Gasteiger partial charge in [0.1, 0.15) is 6.07 Å². The summed E-state index contributed by atoms with van der Waals surface area (Å²) in [5, 5.41) is 17.7. The molecule has 3 nitrogen and oxygen atoms in total. The quantitative estimate of drug-likeness (QED) is 0.666. The minimum atomic E-state index is -0.899. The number of phenolic OH excluding ortho intramolecular Hbond substituents is 1. The number of carbonyl (C=O) groups is 1. The molecule has 0 amide bonds. The largest absolute Gasteiger partial charge is 0.504 e. The van der Waals surface area contributed by atoms with E-state index in [-0.39, 0.29) is 11.1 Å². The first-order valence-corrected chi connectivity index (χ1v) is 3.50. The number of Topliss-reactive ketones (excluding diaryl/α,β-unsaturated/α-hetero) is 1. The van der Waals surface area contributed by atoms with Gasteiger partial charge in [-0.25, -0.2) is 4.39 Å². The van der Waals surface area contributed by atoms with E-state index in [1.54, 1.807) is 6.07 Å². The van der Waals surface area contributed by atoms with Crippen LogP contribution in [-0.2, 0) is 0 Å². The van der Waals surface area contributed by atoms with E-state index in [1.165, 1.54) is 0 Å². The summed E-state index contributed by atoms with van der Waals surface area (Å²) in [6.07, 6.45) is 0. The van der Waals surface area contributed by atoms with Crippen molar-refractivity contribution in [1.82, 2.24) is 0 Å². The number of ketones is 1.